The van der Waals surface area contributed by atoms with E-state index in [0.717, 1.165) is 25.0 Å². The Balaban J connectivity index is 1.70. The largest absolute Gasteiger partial charge is 0.313 e. The highest BCUT2D eigenvalue weighted by Gasteiger charge is 2.29. The zero-order valence-corrected chi connectivity index (χ0v) is 12.2. The molecule has 0 aromatic heterocycles. The van der Waals surface area contributed by atoms with Crippen LogP contribution in [-0.2, 0) is 0 Å². The third-order valence-electron chi connectivity index (χ3n) is 3.47. The molecule has 3 heteroatoms. The van der Waals surface area contributed by atoms with Gasteiger partial charge in [0.15, 0.2) is 0 Å². The summed E-state index contributed by atoms with van der Waals surface area (Å²) in [6.45, 7) is 2.23. The Kier molecular flexibility index (Phi) is 4.60. The van der Waals surface area contributed by atoms with E-state index in [0.29, 0.717) is 0 Å². The Morgan fingerprint density at radius 3 is 2.47 bits per heavy atom. The molecule has 17 heavy (non-hydrogen) atoms. The highest BCUT2D eigenvalue weighted by atomic mass is 79.9. The number of hydrogen-bond acceptors (Lipinski definition) is 2. The molecule has 2 nitrogen and oxygen atoms in total. The molecule has 0 heterocycles. The highest BCUT2D eigenvalue weighted by molar-refractivity contribution is 9.10. The molecule has 2 rings (SSSR count). The second kappa shape index (κ2) is 5.98. The summed E-state index contributed by atoms with van der Waals surface area (Å²) in [5.41, 5.74) is 1.49. The van der Waals surface area contributed by atoms with Crippen molar-refractivity contribution in [1.29, 1.82) is 0 Å². The Labute approximate surface area is 113 Å². The van der Waals surface area contributed by atoms with Gasteiger partial charge in [-0.2, -0.15) is 0 Å². The lowest BCUT2D eigenvalue weighted by Gasteiger charge is -2.36. The highest BCUT2D eigenvalue weighted by Crippen LogP contribution is 2.37. The summed E-state index contributed by atoms with van der Waals surface area (Å²) >= 11 is 3.48. The van der Waals surface area contributed by atoms with Crippen LogP contribution < -0.4 is 5.32 Å². The van der Waals surface area contributed by atoms with Crippen LogP contribution in [0.25, 0.3) is 0 Å². The van der Waals surface area contributed by atoms with Gasteiger partial charge in [0.05, 0.1) is 0 Å². The molecule has 1 aromatic rings. The third-order valence-corrected chi connectivity index (χ3v) is 4.00. The fourth-order valence-corrected chi connectivity index (χ4v) is 2.55. The van der Waals surface area contributed by atoms with Crippen LogP contribution in [0.4, 0.5) is 0 Å². The molecule has 1 N–H and O–H groups in total. The average molecular weight is 297 g/mol. The summed E-state index contributed by atoms with van der Waals surface area (Å²) in [5, 5.41) is 3.61. The Bertz CT molecular complexity index is 342. The maximum Gasteiger partial charge on any atom is 0.0175 e. The van der Waals surface area contributed by atoms with Crippen LogP contribution in [0.1, 0.15) is 24.3 Å². The van der Waals surface area contributed by atoms with Crippen molar-refractivity contribution < 1.29 is 0 Å². The maximum absolute atomic E-state index is 3.61. The van der Waals surface area contributed by atoms with E-state index in [4.69, 9.17) is 0 Å². The van der Waals surface area contributed by atoms with Crippen LogP contribution in [0.2, 0.25) is 0 Å². The lowest BCUT2D eigenvalue weighted by atomic mass is 9.76. The Hall–Kier alpha value is -0.380. The van der Waals surface area contributed by atoms with E-state index in [1.807, 2.05) is 0 Å². The fraction of sp³-hybridized carbons (Fsp3) is 0.571. The minimum atomic E-state index is 0.726. The smallest absolute Gasteiger partial charge is 0.0175 e. The van der Waals surface area contributed by atoms with Crippen LogP contribution in [0.15, 0.2) is 28.7 Å². The lowest BCUT2D eigenvalue weighted by molar-refractivity contribution is 0.278. The molecule has 1 aliphatic rings. The predicted molar refractivity (Wildman–Crippen MR) is 76.5 cm³/mol. The van der Waals surface area contributed by atoms with E-state index in [9.17, 15) is 0 Å². The van der Waals surface area contributed by atoms with Crippen LogP contribution in [0.3, 0.4) is 0 Å². The number of halogens is 1. The molecule has 0 unspecified atom stereocenters. The first-order valence-electron chi connectivity index (χ1n) is 6.28. The van der Waals surface area contributed by atoms with Crippen LogP contribution in [-0.4, -0.2) is 38.1 Å². The molecule has 0 bridgehead atoms. The van der Waals surface area contributed by atoms with Gasteiger partial charge >= 0.3 is 0 Å². The van der Waals surface area contributed by atoms with Gasteiger partial charge in [-0.1, -0.05) is 28.1 Å². The molecular weight excluding hydrogens is 276 g/mol. The van der Waals surface area contributed by atoms with Crippen molar-refractivity contribution in [3.63, 3.8) is 0 Å². The first-order chi connectivity index (χ1) is 8.15. The molecule has 94 valence electrons. The van der Waals surface area contributed by atoms with Crippen molar-refractivity contribution in [2.75, 3.05) is 27.2 Å². The van der Waals surface area contributed by atoms with Crippen molar-refractivity contribution in [2.24, 2.45) is 0 Å². The molecule has 1 aliphatic carbocycles. The monoisotopic (exact) mass is 296 g/mol. The van der Waals surface area contributed by atoms with Gasteiger partial charge in [-0.15, -0.1) is 0 Å². The number of hydrogen-bond donors (Lipinski definition) is 1. The summed E-state index contributed by atoms with van der Waals surface area (Å²) in [5.74, 6) is 0.764. The maximum atomic E-state index is 3.61. The van der Waals surface area contributed by atoms with Gasteiger partial charge in [0, 0.05) is 23.6 Å². The normalized spacial score (nSPS) is 23.8. The number of nitrogens with zero attached hydrogens (tertiary/aromatic N) is 1. The first kappa shape index (κ1) is 13.1. The summed E-state index contributed by atoms with van der Waals surface area (Å²) in [6, 6.07) is 9.49. The quantitative estimate of drug-likeness (QED) is 0.899. The Morgan fingerprint density at radius 1 is 1.24 bits per heavy atom. The summed E-state index contributed by atoms with van der Waals surface area (Å²) in [6.07, 6.45) is 2.57. The molecule has 0 amide bonds. The number of nitrogens with one attached hydrogen (secondary N) is 1. The standard InChI is InChI=1S/C14H21BrN2/c1-17(2)8-7-16-14-9-12(10-14)11-3-5-13(15)6-4-11/h3-6,12,14,16H,7-10H2,1-2H3. The van der Waals surface area contributed by atoms with Gasteiger partial charge in [-0.25, -0.2) is 0 Å². The third kappa shape index (κ3) is 3.80. The first-order valence-corrected chi connectivity index (χ1v) is 7.08. The van der Waals surface area contributed by atoms with Crippen LogP contribution in [0.5, 0.6) is 0 Å². The van der Waals surface area contributed by atoms with Gasteiger partial charge in [-0.05, 0) is 50.6 Å². The summed E-state index contributed by atoms with van der Waals surface area (Å²) in [7, 11) is 4.24. The van der Waals surface area contributed by atoms with E-state index in [1.54, 1.807) is 0 Å². The summed E-state index contributed by atoms with van der Waals surface area (Å²) < 4.78 is 1.17. The molecule has 1 saturated carbocycles. The van der Waals surface area contributed by atoms with Crippen molar-refractivity contribution >= 4 is 15.9 Å². The second-order valence-electron chi connectivity index (χ2n) is 5.17. The van der Waals surface area contributed by atoms with Gasteiger partial charge in [-0.3, -0.25) is 0 Å². The minimum absolute atomic E-state index is 0.726. The van der Waals surface area contributed by atoms with Gasteiger partial charge in [0.25, 0.3) is 0 Å². The van der Waals surface area contributed by atoms with Crippen LogP contribution >= 0.6 is 15.9 Å². The molecule has 0 spiro atoms. The number of likely N-dealkylation sites (N-methyl/N-ethyl adjacent to an activating group) is 1. The van der Waals surface area contributed by atoms with Crippen molar-refractivity contribution in [3.8, 4) is 0 Å². The van der Waals surface area contributed by atoms with E-state index in [1.165, 1.54) is 22.9 Å². The lowest BCUT2D eigenvalue weighted by Crippen LogP contribution is -2.42. The molecule has 0 radical (unpaired) electrons. The SMILES string of the molecule is CN(C)CCNC1CC(c2ccc(Br)cc2)C1. The zero-order chi connectivity index (χ0) is 12.3. The molecule has 0 aliphatic heterocycles. The predicted octanol–water partition coefficient (Wildman–Crippen LogP) is 2.85. The molecule has 1 aromatic carbocycles. The van der Waals surface area contributed by atoms with E-state index in [-0.39, 0.29) is 0 Å². The topological polar surface area (TPSA) is 15.3 Å². The number of benzene rings is 1. The minimum Gasteiger partial charge on any atom is -0.313 e. The fourth-order valence-electron chi connectivity index (χ4n) is 2.28. The van der Waals surface area contributed by atoms with Crippen molar-refractivity contribution in [2.45, 2.75) is 24.8 Å². The van der Waals surface area contributed by atoms with Crippen LogP contribution in [0, 0.1) is 0 Å². The molecular formula is C14H21BrN2. The zero-order valence-electron chi connectivity index (χ0n) is 10.6. The van der Waals surface area contributed by atoms with Crippen molar-refractivity contribution in [1.82, 2.24) is 10.2 Å². The molecule has 0 atom stereocenters. The van der Waals surface area contributed by atoms with Crippen molar-refractivity contribution in [3.05, 3.63) is 34.3 Å². The van der Waals surface area contributed by atoms with Gasteiger partial charge < -0.3 is 10.2 Å². The molecule has 1 fully saturated rings. The summed E-state index contributed by atoms with van der Waals surface area (Å²) in [4.78, 5) is 2.22. The number of rotatable bonds is 5. The second-order valence-corrected chi connectivity index (χ2v) is 6.09. The van der Waals surface area contributed by atoms with E-state index >= 15 is 0 Å². The van der Waals surface area contributed by atoms with Gasteiger partial charge in [0.2, 0.25) is 0 Å². The molecule has 0 saturated heterocycles. The Morgan fingerprint density at radius 2 is 1.88 bits per heavy atom. The average Bonchev–Trinajstić information content (AvgIpc) is 2.23. The van der Waals surface area contributed by atoms with E-state index in [2.05, 4.69) is 64.5 Å². The van der Waals surface area contributed by atoms with Gasteiger partial charge in [0.1, 0.15) is 0 Å². The van der Waals surface area contributed by atoms with E-state index < -0.39 is 0 Å².